The summed E-state index contributed by atoms with van der Waals surface area (Å²) in [6.07, 6.45) is -1.98. The summed E-state index contributed by atoms with van der Waals surface area (Å²) in [6, 6.07) is 15.9. The van der Waals surface area contributed by atoms with Gasteiger partial charge in [0, 0.05) is 11.1 Å². The second-order valence-electron chi connectivity index (χ2n) is 10.4. The zero-order valence-corrected chi connectivity index (χ0v) is 25.5. The quantitative estimate of drug-likeness (QED) is 0.108. The summed E-state index contributed by atoms with van der Waals surface area (Å²) < 4.78 is 101. The molecule has 0 bridgehead atoms. The average molecular weight is 679 g/mol. The number of anilines is 2. The van der Waals surface area contributed by atoms with Crippen LogP contribution in [-0.2, 0) is 15.0 Å². The predicted octanol–water partition coefficient (Wildman–Crippen LogP) is 7.58. The number of methoxy groups -OCH3 is 1. The van der Waals surface area contributed by atoms with Crippen LogP contribution in [0, 0.1) is 31.6 Å². The van der Waals surface area contributed by atoms with E-state index in [1.807, 2.05) is 12.2 Å². The molecule has 0 saturated heterocycles. The number of hydrogen-bond donors (Lipinski definition) is 2. The topological polar surface area (TPSA) is 93.7 Å². The number of amides is 2. The number of benzene rings is 4. The number of terminal acetylenes is 2. The van der Waals surface area contributed by atoms with E-state index in [9.17, 15) is 40.7 Å². The van der Waals surface area contributed by atoms with Crippen molar-refractivity contribution in [3.63, 3.8) is 0 Å². The van der Waals surface area contributed by atoms with Crippen LogP contribution in [0.15, 0.2) is 84.9 Å². The summed E-state index contributed by atoms with van der Waals surface area (Å²) in [5.41, 5.74) is -7.04. The average Bonchev–Trinajstić information content (AvgIpc) is 3.05. The number of ether oxygens (including phenoxy) is 2. The number of alkyl halides is 6. The van der Waals surface area contributed by atoms with Crippen molar-refractivity contribution in [1.82, 2.24) is 0 Å². The van der Waals surface area contributed by atoms with Gasteiger partial charge in [0.1, 0.15) is 11.5 Å². The third-order valence-electron chi connectivity index (χ3n) is 7.31. The minimum absolute atomic E-state index is 0.0198. The zero-order chi connectivity index (χ0) is 36.1. The fourth-order valence-electron chi connectivity index (χ4n) is 4.96. The highest BCUT2D eigenvalue weighted by Gasteiger charge is 2.72. The molecule has 0 spiro atoms. The Labute approximate surface area is 276 Å². The molecule has 13 heteroatoms. The Morgan fingerprint density at radius 1 is 0.653 bits per heavy atom. The van der Waals surface area contributed by atoms with Crippen LogP contribution in [0.25, 0.3) is 0 Å². The molecule has 4 aromatic rings. The lowest BCUT2D eigenvalue weighted by molar-refractivity contribution is -0.288. The highest BCUT2D eigenvalue weighted by atomic mass is 19.4. The molecule has 2 N–H and O–H groups in total. The Kier molecular flexibility index (Phi) is 10.1. The fraction of sp³-hybridized carbons (Fsp3) is 0.139. The number of carbonyl (C=O) groups is 3. The summed E-state index contributed by atoms with van der Waals surface area (Å²) in [4.78, 5) is 36.9. The molecule has 0 aliphatic heterocycles. The molecular formula is C36H24F6N2O5. The van der Waals surface area contributed by atoms with Crippen LogP contribution in [0.1, 0.15) is 32.6 Å². The molecule has 0 atom stereocenters. The molecule has 0 aliphatic carbocycles. The molecule has 4 aromatic carbocycles. The van der Waals surface area contributed by atoms with Crippen LogP contribution in [0.2, 0.25) is 0 Å². The summed E-state index contributed by atoms with van der Waals surface area (Å²) in [6.45, 7) is 1.86. The van der Waals surface area contributed by atoms with Crippen LogP contribution < -0.4 is 20.1 Å². The number of rotatable bonds is 9. The number of halogens is 6. The SMILES string of the molecule is C#CC(=O)Nc1cc(C(c2ccc(Oc3ccc(C(=O)c4ccc(C)cc4)cc3)c(NC(=O)C#C)c2)(C(F)(F)F)C(F)(F)F)ccc1OC. The molecule has 0 fully saturated rings. The molecule has 0 saturated carbocycles. The smallest absolute Gasteiger partial charge is 0.411 e. The van der Waals surface area contributed by atoms with Crippen molar-refractivity contribution in [2.24, 2.45) is 0 Å². The number of carbonyl (C=O) groups excluding carboxylic acids is 3. The molecule has 0 aliphatic rings. The highest BCUT2D eigenvalue weighted by molar-refractivity contribution is 6.09. The summed E-state index contributed by atoms with van der Waals surface area (Å²) in [7, 11) is 1.08. The van der Waals surface area contributed by atoms with Crippen molar-refractivity contribution in [3.05, 3.63) is 113 Å². The van der Waals surface area contributed by atoms with E-state index in [1.54, 1.807) is 36.1 Å². The minimum Gasteiger partial charge on any atom is -0.495 e. The number of ketones is 1. The van der Waals surface area contributed by atoms with Gasteiger partial charge in [-0.05, 0) is 78.4 Å². The van der Waals surface area contributed by atoms with Gasteiger partial charge < -0.3 is 20.1 Å². The van der Waals surface area contributed by atoms with Gasteiger partial charge >= 0.3 is 12.4 Å². The Hall–Kier alpha value is -6.21. The van der Waals surface area contributed by atoms with E-state index in [1.165, 1.54) is 24.3 Å². The normalized spacial score (nSPS) is 11.5. The first-order valence-electron chi connectivity index (χ1n) is 14.0. The molecule has 4 rings (SSSR count). The van der Waals surface area contributed by atoms with E-state index in [4.69, 9.17) is 22.3 Å². The zero-order valence-electron chi connectivity index (χ0n) is 25.5. The molecule has 0 radical (unpaired) electrons. The van der Waals surface area contributed by atoms with E-state index in [2.05, 4.69) is 5.32 Å². The lowest BCUT2D eigenvalue weighted by Gasteiger charge is -2.38. The van der Waals surface area contributed by atoms with Crippen LogP contribution >= 0.6 is 0 Å². The van der Waals surface area contributed by atoms with E-state index in [0.717, 1.165) is 24.8 Å². The maximum atomic E-state index is 15.0. The van der Waals surface area contributed by atoms with Gasteiger partial charge in [-0.25, -0.2) is 0 Å². The Morgan fingerprint density at radius 3 is 1.51 bits per heavy atom. The molecular weight excluding hydrogens is 654 g/mol. The largest absolute Gasteiger partial charge is 0.495 e. The Morgan fingerprint density at radius 2 is 1.08 bits per heavy atom. The van der Waals surface area contributed by atoms with Crippen LogP contribution in [0.4, 0.5) is 37.7 Å². The van der Waals surface area contributed by atoms with Gasteiger partial charge in [-0.1, -0.05) is 42.0 Å². The van der Waals surface area contributed by atoms with Crippen molar-refractivity contribution < 1.29 is 50.2 Å². The van der Waals surface area contributed by atoms with Gasteiger partial charge in [-0.15, -0.1) is 12.8 Å². The fourth-order valence-corrected chi connectivity index (χ4v) is 4.96. The van der Waals surface area contributed by atoms with E-state index in [-0.39, 0.29) is 28.6 Å². The van der Waals surface area contributed by atoms with Crippen LogP contribution in [-0.4, -0.2) is 37.1 Å². The van der Waals surface area contributed by atoms with Gasteiger partial charge in [0.15, 0.2) is 11.5 Å². The Balaban J connectivity index is 1.85. The van der Waals surface area contributed by atoms with Gasteiger partial charge in [0.2, 0.25) is 5.41 Å². The van der Waals surface area contributed by atoms with Crippen molar-refractivity contribution in [2.75, 3.05) is 17.7 Å². The third-order valence-corrected chi connectivity index (χ3v) is 7.31. The minimum atomic E-state index is -6.05. The monoisotopic (exact) mass is 678 g/mol. The summed E-state index contributed by atoms with van der Waals surface area (Å²) in [5, 5.41) is 4.11. The molecule has 0 unspecified atom stereocenters. The molecule has 7 nitrogen and oxygen atoms in total. The maximum absolute atomic E-state index is 15.0. The second kappa shape index (κ2) is 13.9. The summed E-state index contributed by atoms with van der Waals surface area (Å²) >= 11 is 0. The number of nitrogens with one attached hydrogen (secondary N) is 2. The molecule has 0 aromatic heterocycles. The predicted molar refractivity (Wildman–Crippen MR) is 168 cm³/mol. The highest BCUT2D eigenvalue weighted by Crippen LogP contribution is 2.57. The Bertz CT molecular complexity index is 1970. The van der Waals surface area contributed by atoms with Crippen molar-refractivity contribution in [1.29, 1.82) is 0 Å². The first kappa shape index (κ1) is 35.6. The second-order valence-corrected chi connectivity index (χ2v) is 10.4. The van der Waals surface area contributed by atoms with Gasteiger partial charge in [-0.3, -0.25) is 14.4 Å². The summed E-state index contributed by atoms with van der Waals surface area (Å²) in [5.74, 6) is 0.0332. The lowest BCUT2D eigenvalue weighted by Crippen LogP contribution is -2.54. The molecule has 0 heterocycles. The van der Waals surface area contributed by atoms with Crippen molar-refractivity contribution in [2.45, 2.75) is 24.7 Å². The van der Waals surface area contributed by atoms with Gasteiger partial charge in [-0.2, -0.15) is 26.3 Å². The number of hydrogen-bond acceptors (Lipinski definition) is 5. The lowest BCUT2D eigenvalue weighted by atomic mass is 9.72. The first-order valence-corrected chi connectivity index (χ1v) is 14.0. The maximum Gasteiger partial charge on any atom is 0.411 e. The van der Waals surface area contributed by atoms with Gasteiger partial charge in [0.05, 0.1) is 18.5 Å². The van der Waals surface area contributed by atoms with Crippen molar-refractivity contribution in [3.8, 4) is 41.9 Å². The first-order chi connectivity index (χ1) is 23.0. The molecule has 2 amide bonds. The van der Waals surface area contributed by atoms with E-state index in [0.29, 0.717) is 29.8 Å². The van der Waals surface area contributed by atoms with Gasteiger partial charge in [0.25, 0.3) is 11.8 Å². The van der Waals surface area contributed by atoms with Crippen molar-refractivity contribution >= 4 is 29.0 Å². The van der Waals surface area contributed by atoms with Crippen LogP contribution in [0.3, 0.4) is 0 Å². The van der Waals surface area contributed by atoms with E-state index < -0.39 is 52.1 Å². The standard InChI is InChI=1S/C36H24F6N2O5/c1-5-31(45)43-27-19-24(13-17-29(27)48-4)34(35(37,38)39,36(40,41)42)25-14-18-30(28(20-25)44-32(46)6-2)49-26-15-11-23(12-16-26)33(47)22-9-7-21(3)8-10-22/h1-2,7-20H,3-4H3,(H,43,45)(H,44,46). The number of aryl methyl sites for hydroxylation is 1. The third kappa shape index (κ3) is 7.21. The van der Waals surface area contributed by atoms with Crippen LogP contribution in [0.5, 0.6) is 17.2 Å². The molecule has 250 valence electrons. The molecule has 49 heavy (non-hydrogen) atoms. The van der Waals surface area contributed by atoms with E-state index >= 15 is 0 Å².